The van der Waals surface area contributed by atoms with Crippen LogP contribution in [0.3, 0.4) is 0 Å². The number of hydrogen-bond acceptors (Lipinski definition) is 7. The number of benzene rings is 2. The van der Waals surface area contributed by atoms with Gasteiger partial charge in [-0.3, -0.25) is 9.59 Å². The summed E-state index contributed by atoms with van der Waals surface area (Å²) >= 11 is 0. The molecule has 0 aliphatic carbocycles. The Hall–Kier alpha value is -3.74. The average molecular weight is 572 g/mol. The first kappa shape index (κ1) is 29.2. The standard InChI is InChI=1S/C28H33N3O8S/c1-17(2)14-21(30-27(34)24-15-18-8-3-5-11-23(18)39-24)26(33)29-20-10-7-13-31(16-22(20)32)40(37,38)25-12-6-4-9-19(25)28(35)36/h3-6,8-9,11-12,15,17,20-22,32H,7,10,13-14,16H2,1-2H3,(H,29,33)(H,30,34)(H,35,36)/t20?,21-,22?/m0/s1. The lowest BCUT2D eigenvalue weighted by Gasteiger charge is -2.27. The number of furan rings is 1. The van der Waals surface area contributed by atoms with Crippen molar-refractivity contribution >= 4 is 38.8 Å². The van der Waals surface area contributed by atoms with Crippen LogP contribution < -0.4 is 10.6 Å². The molecule has 2 amide bonds. The minimum Gasteiger partial charge on any atom is -0.478 e. The fraction of sp³-hybridized carbons (Fsp3) is 0.393. The van der Waals surface area contributed by atoms with Gasteiger partial charge in [0, 0.05) is 18.5 Å². The summed E-state index contributed by atoms with van der Waals surface area (Å²) in [4.78, 5) is 37.5. The highest BCUT2D eigenvalue weighted by Gasteiger charge is 2.36. The van der Waals surface area contributed by atoms with Crippen LogP contribution in [0.5, 0.6) is 0 Å². The number of aliphatic hydroxyl groups excluding tert-OH is 1. The van der Waals surface area contributed by atoms with Crippen LogP contribution in [0, 0.1) is 5.92 Å². The van der Waals surface area contributed by atoms with Gasteiger partial charge in [0.15, 0.2) is 5.76 Å². The highest BCUT2D eigenvalue weighted by atomic mass is 32.2. The first-order valence-corrected chi connectivity index (χ1v) is 14.5. The zero-order valence-corrected chi connectivity index (χ0v) is 23.1. The van der Waals surface area contributed by atoms with E-state index in [1.807, 2.05) is 26.0 Å². The summed E-state index contributed by atoms with van der Waals surface area (Å²) in [7, 11) is -4.22. The zero-order valence-electron chi connectivity index (χ0n) is 22.2. The Labute approximate surface area is 232 Å². The Morgan fingerprint density at radius 1 is 1.10 bits per heavy atom. The Morgan fingerprint density at radius 3 is 2.50 bits per heavy atom. The van der Waals surface area contributed by atoms with Crippen molar-refractivity contribution in [2.75, 3.05) is 13.1 Å². The molecule has 0 bridgehead atoms. The smallest absolute Gasteiger partial charge is 0.337 e. The van der Waals surface area contributed by atoms with E-state index >= 15 is 0 Å². The van der Waals surface area contributed by atoms with Crippen LogP contribution in [0.4, 0.5) is 0 Å². The normalized spacial score (nSPS) is 19.2. The van der Waals surface area contributed by atoms with Gasteiger partial charge < -0.3 is 25.3 Å². The van der Waals surface area contributed by atoms with Crippen molar-refractivity contribution in [3.8, 4) is 0 Å². The maximum absolute atomic E-state index is 13.3. The van der Waals surface area contributed by atoms with Crippen LogP contribution in [0.25, 0.3) is 11.0 Å². The number of hydrogen-bond donors (Lipinski definition) is 4. The summed E-state index contributed by atoms with van der Waals surface area (Å²) in [5.41, 5.74) is 0.187. The molecule has 0 radical (unpaired) electrons. The third kappa shape index (κ3) is 6.52. The Bertz CT molecular complexity index is 1470. The lowest BCUT2D eigenvalue weighted by Crippen LogP contribution is -2.54. The first-order valence-electron chi connectivity index (χ1n) is 13.1. The number of aromatic carboxylic acids is 1. The van der Waals surface area contributed by atoms with Crippen molar-refractivity contribution in [1.29, 1.82) is 0 Å². The van der Waals surface area contributed by atoms with E-state index in [-0.39, 0.29) is 41.6 Å². The molecule has 4 N–H and O–H groups in total. The minimum absolute atomic E-state index is 0.0396. The molecule has 12 heteroatoms. The number of nitrogens with zero attached hydrogens (tertiary/aromatic N) is 1. The number of β-amino-alcohol motifs (C(OH)–C–C–N with tert-alkyl or cyclic N) is 1. The maximum atomic E-state index is 13.3. The summed E-state index contributed by atoms with van der Waals surface area (Å²) in [5, 5.41) is 26.6. The maximum Gasteiger partial charge on any atom is 0.337 e. The number of nitrogens with one attached hydrogen (secondary N) is 2. The predicted octanol–water partition coefficient (Wildman–Crippen LogP) is 2.61. The Kier molecular flexibility index (Phi) is 8.92. The molecule has 1 aromatic heterocycles. The van der Waals surface area contributed by atoms with Gasteiger partial charge in [0.05, 0.1) is 22.6 Å². The van der Waals surface area contributed by atoms with E-state index in [2.05, 4.69) is 10.6 Å². The van der Waals surface area contributed by atoms with Gasteiger partial charge in [0.25, 0.3) is 5.91 Å². The average Bonchev–Trinajstić information content (AvgIpc) is 3.26. The molecule has 0 saturated carbocycles. The fourth-order valence-corrected chi connectivity index (χ4v) is 6.49. The van der Waals surface area contributed by atoms with Gasteiger partial charge >= 0.3 is 5.97 Å². The van der Waals surface area contributed by atoms with Gasteiger partial charge in [0.1, 0.15) is 11.6 Å². The number of carbonyl (C=O) groups excluding carboxylic acids is 2. The largest absolute Gasteiger partial charge is 0.478 e. The molecular formula is C28H33N3O8S. The second-order valence-corrected chi connectivity index (χ2v) is 12.2. The molecule has 1 fully saturated rings. The van der Waals surface area contributed by atoms with E-state index < -0.39 is 46.0 Å². The van der Waals surface area contributed by atoms with E-state index in [9.17, 15) is 33.0 Å². The molecule has 40 heavy (non-hydrogen) atoms. The summed E-state index contributed by atoms with van der Waals surface area (Å²) in [6, 6.07) is 12.4. The third-order valence-corrected chi connectivity index (χ3v) is 8.74. The second-order valence-electron chi connectivity index (χ2n) is 10.3. The van der Waals surface area contributed by atoms with Gasteiger partial charge in [-0.2, -0.15) is 4.31 Å². The van der Waals surface area contributed by atoms with Crippen LogP contribution in [0.2, 0.25) is 0 Å². The molecule has 2 unspecified atom stereocenters. The van der Waals surface area contributed by atoms with Crippen molar-refractivity contribution in [3.05, 3.63) is 65.9 Å². The second kappa shape index (κ2) is 12.2. The molecule has 3 atom stereocenters. The number of fused-ring (bicyclic) bond motifs is 1. The monoisotopic (exact) mass is 571 g/mol. The third-order valence-electron chi connectivity index (χ3n) is 6.82. The molecule has 214 valence electrons. The SMILES string of the molecule is CC(C)C[C@H](NC(=O)c1cc2ccccc2o1)C(=O)NC1CCCN(S(=O)(=O)c2ccccc2C(=O)O)CC1O. The van der Waals surface area contributed by atoms with Crippen LogP contribution in [-0.4, -0.2) is 72.0 Å². The van der Waals surface area contributed by atoms with Crippen LogP contribution >= 0.6 is 0 Å². The number of carboxylic acids is 1. The Morgan fingerprint density at radius 2 is 1.80 bits per heavy atom. The van der Waals surface area contributed by atoms with E-state index in [0.717, 1.165) is 9.69 Å². The zero-order chi connectivity index (χ0) is 29.0. The highest BCUT2D eigenvalue weighted by Crippen LogP contribution is 2.24. The molecule has 3 aromatic rings. The molecular weight excluding hydrogens is 538 g/mol. The quantitative estimate of drug-likeness (QED) is 0.304. The van der Waals surface area contributed by atoms with E-state index in [1.165, 1.54) is 24.3 Å². The van der Waals surface area contributed by atoms with Crippen molar-refractivity contribution in [3.63, 3.8) is 0 Å². The highest BCUT2D eigenvalue weighted by molar-refractivity contribution is 7.89. The molecule has 1 aliphatic rings. The number of sulfonamides is 1. The Balaban J connectivity index is 1.46. The van der Waals surface area contributed by atoms with Crippen molar-refractivity contribution in [2.24, 2.45) is 5.92 Å². The number of carbonyl (C=O) groups is 3. The number of rotatable bonds is 9. The lowest BCUT2D eigenvalue weighted by atomic mass is 10.0. The summed E-state index contributed by atoms with van der Waals surface area (Å²) in [5.74, 6) is -2.30. The van der Waals surface area contributed by atoms with Gasteiger partial charge in [-0.15, -0.1) is 0 Å². The summed E-state index contributed by atoms with van der Waals surface area (Å²) < 4.78 is 33.3. The molecule has 4 rings (SSSR count). The van der Waals surface area contributed by atoms with Crippen LogP contribution in [0.1, 0.15) is 54.0 Å². The van der Waals surface area contributed by atoms with Crippen LogP contribution in [-0.2, 0) is 14.8 Å². The summed E-state index contributed by atoms with van der Waals surface area (Å²) in [6.45, 7) is 3.52. The van der Waals surface area contributed by atoms with Gasteiger partial charge in [0.2, 0.25) is 15.9 Å². The van der Waals surface area contributed by atoms with Crippen LogP contribution in [0.15, 0.2) is 63.9 Å². The van der Waals surface area contributed by atoms with E-state index in [0.29, 0.717) is 18.4 Å². The molecule has 0 spiro atoms. The molecule has 1 aliphatic heterocycles. The minimum atomic E-state index is -4.22. The first-order chi connectivity index (χ1) is 19.0. The molecule has 1 saturated heterocycles. The summed E-state index contributed by atoms with van der Waals surface area (Å²) in [6.07, 6.45) is -0.334. The van der Waals surface area contributed by atoms with E-state index in [1.54, 1.807) is 18.2 Å². The topological polar surface area (TPSA) is 166 Å². The van der Waals surface area contributed by atoms with Gasteiger partial charge in [-0.05, 0) is 49.4 Å². The van der Waals surface area contributed by atoms with Gasteiger partial charge in [-0.25, -0.2) is 13.2 Å². The number of para-hydroxylation sites is 1. The molecule has 2 aromatic carbocycles. The van der Waals surface area contributed by atoms with Crippen molar-refractivity contribution in [2.45, 2.75) is 56.2 Å². The predicted molar refractivity (Wildman–Crippen MR) is 146 cm³/mol. The number of carboxylic acid groups (broad SMARTS) is 1. The fourth-order valence-electron chi connectivity index (χ4n) is 4.81. The lowest BCUT2D eigenvalue weighted by molar-refractivity contribution is -0.125. The number of amides is 2. The van der Waals surface area contributed by atoms with Crippen molar-refractivity contribution < 1.29 is 37.4 Å². The number of aliphatic hydroxyl groups is 1. The molecule has 11 nitrogen and oxygen atoms in total. The van der Waals surface area contributed by atoms with Crippen molar-refractivity contribution in [1.82, 2.24) is 14.9 Å². The van der Waals surface area contributed by atoms with Gasteiger partial charge in [-0.1, -0.05) is 44.2 Å². The molecule has 2 heterocycles. The van der Waals surface area contributed by atoms with E-state index in [4.69, 9.17) is 4.42 Å².